The maximum Gasteiger partial charge on any atom is 0.270 e. The van der Waals surface area contributed by atoms with Crippen molar-refractivity contribution in [1.82, 2.24) is 15.3 Å². The van der Waals surface area contributed by atoms with Crippen molar-refractivity contribution in [2.75, 3.05) is 11.4 Å². The number of hydrogen-bond donors (Lipinski definition) is 1. The summed E-state index contributed by atoms with van der Waals surface area (Å²) in [5.74, 6) is 1.01. The fourth-order valence-electron chi connectivity index (χ4n) is 3.03. The summed E-state index contributed by atoms with van der Waals surface area (Å²) < 4.78 is 0. The molecule has 0 aliphatic carbocycles. The molecule has 126 valence electrons. The van der Waals surface area contributed by atoms with Gasteiger partial charge in [-0.25, -0.2) is 9.97 Å². The Kier molecular flexibility index (Phi) is 4.79. The monoisotopic (exact) mass is 324 g/mol. The number of aromatic nitrogens is 2. The molecule has 1 aliphatic heterocycles. The van der Waals surface area contributed by atoms with Gasteiger partial charge in [0, 0.05) is 24.5 Å². The van der Waals surface area contributed by atoms with E-state index in [-0.39, 0.29) is 11.9 Å². The first-order valence-electron chi connectivity index (χ1n) is 8.54. The first kappa shape index (κ1) is 16.4. The molecule has 1 atom stereocenters. The third kappa shape index (κ3) is 3.40. The molecule has 0 bridgehead atoms. The van der Waals surface area contributed by atoms with E-state index in [0.717, 1.165) is 18.5 Å². The third-order valence-electron chi connectivity index (χ3n) is 4.31. The zero-order valence-corrected chi connectivity index (χ0v) is 14.5. The molecule has 0 saturated carbocycles. The number of rotatable bonds is 5. The summed E-state index contributed by atoms with van der Waals surface area (Å²) in [6.45, 7) is 7.10. The van der Waals surface area contributed by atoms with Crippen molar-refractivity contribution in [3.8, 4) is 0 Å². The maximum atomic E-state index is 12.3. The first-order chi connectivity index (χ1) is 11.6. The molecule has 2 aromatic rings. The van der Waals surface area contributed by atoms with E-state index >= 15 is 0 Å². The van der Waals surface area contributed by atoms with Gasteiger partial charge in [0.1, 0.15) is 5.69 Å². The highest BCUT2D eigenvalue weighted by molar-refractivity contribution is 5.92. The van der Waals surface area contributed by atoms with Crippen molar-refractivity contribution in [2.24, 2.45) is 5.92 Å². The van der Waals surface area contributed by atoms with E-state index in [1.54, 1.807) is 12.3 Å². The van der Waals surface area contributed by atoms with Gasteiger partial charge < -0.3 is 10.2 Å². The molecule has 0 fully saturated rings. The summed E-state index contributed by atoms with van der Waals surface area (Å²) in [4.78, 5) is 23.3. The topological polar surface area (TPSA) is 58.1 Å². The van der Waals surface area contributed by atoms with Gasteiger partial charge in [0.15, 0.2) is 0 Å². The molecule has 24 heavy (non-hydrogen) atoms. The van der Waals surface area contributed by atoms with Crippen LogP contribution in [0.3, 0.4) is 0 Å². The number of fused-ring (bicyclic) bond motifs is 1. The lowest BCUT2D eigenvalue weighted by Crippen LogP contribution is -2.29. The van der Waals surface area contributed by atoms with Crippen LogP contribution in [-0.2, 0) is 6.42 Å². The molecule has 1 aromatic heterocycles. The Morgan fingerprint density at radius 3 is 2.92 bits per heavy atom. The molecule has 0 saturated heterocycles. The Balaban J connectivity index is 1.80. The largest absolute Gasteiger partial charge is 0.351 e. The van der Waals surface area contributed by atoms with Crippen LogP contribution in [0.2, 0.25) is 0 Å². The van der Waals surface area contributed by atoms with Crippen molar-refractivity contribution in [2.45, 2.75) is 39.7 Å². The van der Waals surface area contributed by atoms with Gasteiger partial charge in [-0.2, -0.15) is 0 Å². The second-order valence-corrected chi connectivity index (χ2v) is 6.73. The lowest BCUT2D eigenvalue weighted by Gasteiger charge is -2.22. The zero-order valence-electron chi connectivity index (χ0n) is 14.5. The second-order valence-electron chi connectivity index (χ2n) is 6.73. The number of hydrogen-bond acceptors (Lipinski definition) is 4. The van der Waals surface area contributed by atoms with Gasteiger partial charge in [0.05, 0.1) is 0 Å². The average molecular weight is 324 g/mol. The van der Waals surface area contributed by atoms with E-state index in [2.05, 4.69) is 59.2 Å². The maximum absolute atomic E-state index is 12.3. The van der Waals surface area contributed by atoms with Crippen molar-refractivity contribution >= 4 is 17.5 Å². The highest BCUT2D eigenvalue weighted by Crippen LogP contribution is 2.36. The molecule has 5 nitrogen and oxygen atoms in total. The second kappa shape index (κ2) is 6.99. The number of carbonyl (C=O) groups excluding carboxylic acids is 1. The van der Waals surface area contributed by atoms with Gasteiger partial charge in [0.2, 0.25) is 5.95 Å². The standard InChI is InChI=1S/C19H24N4O/c1-13(2)8-10-20-18(24)16-9-11-21-19(22-16)23-14(3)12-15-6-4-5-7-17(15)23/h4-7,9,11,13-14H,8,10,12H2,1-3H3,(H,20,24). The molecule has 1 amide bonds. The number of carbonyl (C=O) groups is 1. The van der Waals surface area contributed by atoms with Gasteiger partial charge in [-0.3, -0.25) is 4.79 Å². The SMILES string of the molecule is CC(C)CCNC(=O)c1ccnc(N2c3ccccc3CC2C)n1. The number of amides is 1. The predicted octanol–water partition coefficient (Wildman–Crippen LogP) is 3.34. The first-order valence-corrected chi connectivity index (χ1v) is 8.54. The molecule has 1 unspecified atom stereocenters. The van der Waals surface area contributed by atoms with Crippen LogP contribution in [0.15, 0.2) is 36.5 Å². The minimum Gasteiger partial charge on any atom is -0.351 e. The van der Waals surface area contributed by atoms with Crippen molar-refractivity contribution in [3.63, 3.8) is 0 Å². The molecule has 0 radical (unpaired) electrons. The summed E-state index contributed by atoms with van der Waals surface area (Å²) in [5, 5.41) is 2.93. The summed E-state index contributed by atoms with van der Waals surface area (Å²) in [7, 11) is 0. The Morgan fingerprint density at radius 1 is 1.33 bits per heavy atom. The molecule has 1 N–H and O–H groups in total. The smallest absolute Gasteiger partial charge is 0.270 e. The minimum absolute atomic E-state index is 0.139. The van der Waals surface area contributed by atoms with E-state index in [1.165, 1.54) is 5.56 Å². The zero-order chi connectivity index (χ0) is 17.1. The van der Waals surface area contributed by atoms with Crippen molar-refractivity contribution in [3.05, 3.63) is 47.8 Å². The Hall–Kier alpha value is -2.43. The molecular formula is C19H24N4O. The number of anilines is 2. The van der Waals surface area contributed by atoms with Gasteiger partial charge >= 0.3 is 0 Å². The van der Waals surface area contributed by atoms with Gasteiger partial charge in [-0.1, -0.05) is 32.0 Å². The summed E-state index contributed by atoms with van der Waals surface area (Å²) in [6.07, 6.45) is 3.58. The van der Waals surface area contributed by atoms with Crippen LogP contribution in [0.4, 0.5) is 11.6 Å². The normalized spacial score (nSPS) is 16.3. The van der Waals surface area contributed by atoms with Crippen LogP contribution in [-0.4, -0.2) is 28.5 Å². The van der Waals surface area contributed by atoms with Crippen LogP contribution < -0.4 is 10.2 Å². The molecular weight excluding hydrogens is 300 g/mol. The fourth-order valence-corrected chi connectivity index (χ4v) is 3.03. The Bertz CT molecular complexity index is 729. The van der Waals surface area contributed by atoms with E-state index < -0.39 is 0 Å². The summed E-state index contributed by atoms with van der Waals surface area (Å²) >= 11 is 0. The molecule has 1 aliphatic rings. The lowest BCUT2D eigenvalue weighted by molar-refractivity contribution is 0.0947. The van der Waals surface area contributed by atoms with E-state index in [9.17, 15) is 4.79 Å². The van der Waals surface area contributed by atoms with Crippen molar-refractivity contribution in [1.29, 1.82) is 0 Å². The molecule has 1 aromatic carbocycles. The van der Waals surface area contributed by atoms with E-state index in [0.29, 0.717) is 24.1 Å². The number of benzene rings is 1. The lowest BCUT2D eigenvalue weighted by atomic mass is 10.1. The minimum atomic E-state index is -0.139. The quantitative estimate of drug-likeness (QED) is 0.916. The van der Waals surface area contributed by atoms with Gasteiger partial charge in [0.25, 0.3) is 5.91 Å². The Labute approximate surface area is 143 Å². The van der Waals surface area contributed by atoms with Gasteiger partial charge in [-0.05, 0) is 43.4 Å². The van der Waals surface area contributed by atoms with Crippen LogP contribution in [0.25, 0.3) is 0 Å². The van der Waals surface area contributed by atoms with Crippen LogP contribution in [0, 0.1) is 5.92 Å². The van der Waals surface area contributed by atoms with Crippen LogP contribution in [0.1, 0.15) is 43.2 Å². The molecule has 2 heterocycles. The molecule has 3 rings (SSSR count). The van der Waals surface area contributed by atoms with E-state index in [4.69, 9.17) is 0 Å². The predicted molar refractivity (Wildman–Crippen MR) is 95.6 cm³/mol. The molecule has 5 heteroatoms. The summed E-state index contributed by atoms with van der Waals surface area (Å²) in [6, 6.07) is 10.2. The fraction of sp³-hybridized carbons (Fsp3) is 0.421. The number of para-hydroxylation sites is 1. The summed E-state index contributed by atoms with van der Waals surface area (Å²) in [5.41, 5.74) is 2.84. The number of nitrogens with zero attached hydrogens (tertiary/aromatic N) is 3. The van der Waals surface area contributed by atoms with Crippen molar-refractivity contribution < 1.29 is 4.79 Å². The molecule has 0 spiro atoms. The Morgan fingerprint density at radius 2 is 2.12 bits per heavy atom. The highest BCUT2D eigenvalue weighted by Gasteiger charge is 2.29. The average Bonchev–Trinajstić information content (AvgIpc) is 2.90. The highest BCUT2D eigenvalue weighted by atomic mass is 16.1. The van der Waals surface area contributed by atoms with Crippen LogP contribution in [0.5, 0.6) is 0 Å². The number of nitrogens with one attached hydrogen (secondary N) is 1. The third-order valence-corrected chi connectivity index (χ3v) is 4.31. The van der Waals surface area contributed by atoms with E-state index in [1.807, 2.05) is 6.07 Å². The van der Waals surface area contributed by atoms with Gasteiger partial charge in [-0.15, -0.1) is 0 Å². The van der Waals surface area contributed by atoms with Crippen LogP contribution >= 0.6 is 0 Å².